The van der Waals surface area contributed by atoms with Crippen LogP contribution in [0, 0.1) is 5.92 Å². The van der Waals surface area contributed by atoms with Gasteiger partial charge in [-0.05, 0) is 48.4 Å². The van der Waals surface area contributed by atoms with Crippen molar-refractivity contribution >= 4 is 11.8 Å². The molecule has 2 atom stereocenters. The molecule has 0 aliphatic carbocycles. The van der Waals surface area contributed by atoms with E-state index in [1.54, 1.807) is 0 Å². The first-order chi connectivity index (χ1) is 9.02. The van der Waals surface area contributed by atoms with Crippen molar-refractivity contribution in [1.82, 2.24) is 5.32 Å². The van der Waals surface area contributed by atoms with Gasteiger partial charge in [0.05, 0.1) is 5.56 Å². The number of halogens is 3. The van der Waals surface area contributed by atoms with Crippen molar-refractivity contribution in [2.24, 2.45) is 5.92 Å². The second kappa shape index (κ2) is 6.18. The normalized spacial score (nSPS) is 21.6. The van der Waals surface area contributed by atoms with E-state index in [4.69, 9.17) is 0 Å². The summed E-state index contributed by atoms with van der Waals surface area (Å²) in [5.41, 5.74) is 0.258. The molecule has 0 radical (unpaired) electrons. The van der Waals surface area contributed by atoms with Gasteiger partial charge in [0, 0.05) is 6.54 Å². The van der Waals surface area contributed by atoms with Gasteiger partial charge in [-0.2, -0.15) is 24.9 Å². The highest BCUT2D eigenvalue weighted by atomic mass is 32.2. The summed E-state index contributed by atoms with van der Waals surface area (Å²) in [6.07, 6.45) is -3.17. The van der Waals surface area contributed by atoms with Crippen LogP contribution in [0.25, 0.3) is 0 Å². The van der Waals surface area contributed by atoms with E-state index >= 15 is 0 Å². The predicted octanol–water partition coefficient (Wildman–Crippen LogP) is 3.76. The molecule has 0 saturated carbocycles. The van der Waals surface area contributed by atoms with Crippen molar-refractivity contribution in [1.29, 1.82) is 0 Å². The van der Waals surface area contributed by atoms with Crippen molar-refractivity contribution in [2.75, 3.05) is 25.1 Å². The maximum Gasteiger partial charge on any atom is 0.416 e. The van der Waals surface area contributed by atoms with E-state index in [0.29, 0.717) is 5.92 Å². The first-order valence-corrected chi connectivity index (χ1v) is 7.57. The molecule has 1 heterocycles. The number of hydrogen-bond acceptors (Lipinski definition) is 2. The van der Waals surface area contributed by atoms with Gasteiger partial charge < -0.3 is 5.32 Å². The Hall–Kier alpha value is -0.680. The Morgan fingerprint density at radius 3 is 2.79 bits per heavy atom. The molecule has 2 rings (SSSR count). The first-order valence-electron chi connectivity index (χ1n) is 6.42. The molecule has 1 N–H and O–H groups in total. The van der Waals surface area contributed by atoms with Crippen LogP contribution in [-0.2, 0) is 6.18 Å². The zero-order valence-corrected chi connectivity index (χ0v) is 11.7. The predicted molar refractivity (Wildman–Crippen MR) is 73.5 cm³/mol. The molecule has 0 bridgehead atoms. The molecule has 1 aliphatic heterocycles. The zero-order valence-electron chi connectivity index (χ0n) is 10.8. The van der Waals surface area contributed by atoms with E-state index in [1.807, 2.05) is 24.9 Å². The third kappa shape index (κ3) is 3.66. The SMILES string of the molecule is CNCC(c1cccc(C(F)(F)F)c1)C1CCSC1. The van der Waals surface area contributed by atoms with Crippen molar-refractivity contribution in [3.63, 3.8) is 0 Å². The fourth-order valence-corrected chi connectivity index (χ4v) is 3.93. The molecular weight excluding hydrogens is 271 g/mol. The Balaban J connectivity index is 2.25. The number of likely N-dealkylation sites (N-methyl/N-ethyl adjacent to an activating group) is 1. The number of benzene rings is 1. The van der Waals surface area contributed by atoms with Gasteiger partial charge in [0.1, 0.15) is 0 Å². The molecule has 5 heteroatoms. The average molecular weight is 289 g/mol. The minimum atomic E-state index is -4.26. The lowest BCUT2D eigenvalue weighted by Crippen LogP contribution is -2.24. The van der Waals surface area contributed by atoms with Gasteiger partial charge in [-0.3, -0.25) is 0 Å². The lowest BCUT2D eigenvalue weighted by atomic mass is 9.85. The van der Waals surface area contributed by atoms with Crippen molar-refractivity contribution in [2.45, 2.75) is 18.5 Å². The van der Waals surface area contributed by atoms with Gasteiger partial charge in [-0.25, -0.2) is 0 Å². The monoisotopic (exact) mass is 289 g/mol. The minimum Gasteiger partial charge on any atom is -0.319 e. The summed E-state index contributed by atoms with van der Waals surface area (Å²) in [6.45, 7) is 0.729. The first kappa shape index (κ1) is 14.7. The van der Waals surface area contributed by atoms with Crippen LogP contribution >= 0.6 is 11.8 Å². The minimum absolute atomic E-state index is 0.169. The average Bonchev–Trinajstić information content (AvgIpc) is 2.88. The number of nitrogens with one attached hydrogen (secondary N) is 1. The highest BCUT2D eigenvalue weighted by molar-refractivity contribution is 7.99. The highest BCUT2D eigenvalue weighted by Crippen LogP contribution is 2.37. The number of thioether (sulfide) groups is 1. The smallest absolute Gasteiger partial charge is 0.319 e. The summed E-state index contributed by atoms with van der Waals surface area (Å²) in [5, 5.41) is 3.11. The van der Waals surface area contributed by atoms with Crippen LogP contribution in [-0.4, -0.2) is 25.1 Å². The molecule has 1 saturated heterocycles. The maximum atomic E-state index is 12.8. The van der Waals surface area contributed by atoms with Crippen LogP contribution in [0.5, 0.6) is 0 Å². The summed E-state index contributed by atoms with van der Waals surface area (Å²) in [7, 11) is 1.85. The molecule has 0 aromatic heterocycles. The Labute approximate surface area is 116 Å². The van der Waals surface area contributed by atoms with Crippen molar-refractivity contribution < 1.29 is 13.2 Å². The Bertz CT molecular complexity index is 413. The lowest BCUT2D eigenvalue weighted by Gasteiger charge is -2.24. The zero-order chi connectivity index (χ0) is 13.9. The molecule has 0 amide bonds. The summed E-state index contributed by atoms with van der Waals surface area (Å²) in [6, 6.07) is 5.79. The van der Waals surface area contributed by atoms with Gasteiger partial charge in [0.2, 0.25) is 0 Å². The highest BCUT2D eigenvalue weighted by Gasteiger charge is 2.32. The molecule has 106 valence electrons. The van der Waals surface area contributed by atoms with Crippen LogP contribution in [0.4, 0.5) is 13.2 Å². The maximum absolute atomic E-state index is 12.8. The molecule has 1 nitrogen and oxygen atoms in total. The van der Waals surface area contributed by atoms with Crippen molar-refractivity contribution in [3.8, 4) is 0 Å². The van der Waals surface area contributed by atoms with E-state index in [1.165, 1.54) is 12.1 Å². The molecule has 1 aromatic carbocycles. The number of rotatable bonds is 4. The topological polar surface area (TPSA) is 12.0 Å². The van der Waals surface area contributed by atoms with Gasteiger partial charge in [0.25, 0.3) is 0 Å². The molecular formula is C14H18F3NS. The standard InChI is InChI=1S/C14H18F3NS/c1-18-8-13(11-5-6-19-9-11)10-3-2-4-12(7-10)14(15,16)17/h2-4,7,11,13,18H,5-6,8-9H2,1H3. The van der Waals surface area contributed by atoms with Crippen molar-refractivity contribution in [3.05, 3.63) is 35.4 Å². The summed E-state index contributed by atoms with van der Waals surface area (Å²) >= 11 is 1.89. The Kier molecular flexibility index (Phi) is 4.79. The Morgan fingerprint density at radius 1 is 1.42 bits per heavy atom. The van der Waals surface area contributed by atoms with Gasteiger partial charge in [0.15, 0.2) is 0 Å². The second-order valence-electron chi connectivity index (χ2n) is 4.91. The third-order valence-electron chi connectivity index (χ3n) is 3.60. The fraction of sp³-hybridized carbons (Fsp3) is 0.571. The van der Waals surface area contributed by atoms with Gasteiger partial charge in [-0.15, -0.1) is 0 Å². The summed E-state index contributed by atoms with van der Waals surface area (Å²) < 4.78 is 38.3. The largest absolute Gasteiger partial charge is 0.416 e. The molecule has 1 aromatic rings. The van der Waals surface area contributed by atoms with Gasteiger partial charge in [-0.1, -0.05) is 18.2 Å². The molecule has 2 unspecified atom stereocenters. The van der Waals surface area contributed by atoms with Gasteiger partial charge >= 0.3 is 6.18 Å². The molecule has 1 fully saturated rings. The Morgan fingerprint density at radius 2 is 2.21 bits per heavy atom. The van der Waals surface area contributed by atoms with E-state index in [0.717, 1.165) is 36.1 Å². The van der Waals surface area contributed by atoms with Crippen LogP contribution in [0.15, 0.2) is 24.3 Å². The quantitative estimate of drug-likeness (QED) is 0.905. The summed E-state index contributed by atoms with van der Waals surface area (Å²) in [5.74, 6) is 2.80. The number of hydrogen-bond donors (Lipinski definition) is 1. The third-order valence-corrected chi connectivity index (χ3v) is 4.79. The molecule has 1 aliphatic rings. The molecule has 19 heavy (non-hydrogen) atoms. The van der Waals surface area contributed by atoms with Crippen LogP contribution < -0.4 is 5.32 Å². The van der Waals surface area contributed by atoms with E-state index in [9.17, 15) is 13.2 Å². The van der Waals surface area contributed by atoms with E-state index in [2.05, 4.69) is 5.32 Å². The fourth-order valence-electron chi connectivity index (χ4n) is 2.59. The van der Waals surface area contributed by atoms with E-state index < -0.39 is 11.7 Å². The molecule has 0 spiro atoms. The number of alkyl halides is 3. The second-order valence-corrected chi connectivity index (χ2v) is 6.06. The lowest BCUT2D eigenvalue weighted by molar-refractivity contribution is -0.137. The van der Waals surface area contributed by atoms with Crippen LogP contribution in [0.3, 0.4) is 0 Å². The van der Waals surface area contributed by atoms with Crippen LogP contribution in [0.2, 0.25) is 0 Å². The van der Waals surface area contributed by atoms with Crippen LogP contribution in [0.1, 0.15) is 23.5 Å². The summed E-state index contributed by atoms with van der Waals surface area (Å²) in [4.78, 5) is 0. The van der Waals surface area contributed by atoms with E-state index in [-0.39, 0.29) is 5.92 Å².